The highest BCUT2D eigenvalue weighted by molar-refractivity contribution is 7.60. The fourth-order valence-corrected chi connectivity index (χ4v) is 9.33. The van der Waals surface area contributed by atoms with Gasteiger partial charge in [-0.3, -0.25) is 9.36 Å². The van der Waals surface area contributed by atoms with Gasteiger partial charge in [0.05, 0.1) is 23.4 Å². The summed E-state index contributed by atoms with van der Waals surface area (Å²) in [4.78, 5) is 34.6. The van der Waals surface area contributed by atoms with Crippen molar-refractivity contribution < 1.29 is 33.4 Å². The Kier molecular flexibility index (Phi) is 14.5. The van der Waals surface area contributed by atoms with Crippen LogP contribution < -0.4 is 20.3 Å². The highest BCUT2D eigenvalue weighted by atomic mass is 31.2. The van der Waals surface area contributed by atoms with Crippen molar-refractivity contribution in [3.05, 3.63) is 150 Å². The first kappa shape index (κ1) is 42.5. The van der Waals surface area contributed by atoms with E-state index in [-0.39, 0.29) is 29.7 Å². The van der Waals surface area contributed by atoms with Crippen LogP contribution in [0.5, 0.6) is 5.75 Å². The molecule has 0 radical (unpaired) electrons. The number of nitrogens with one attached hydrogen (secondary N) is 1. The van der Waals surface area contributed by atoms with E-state index in [2.05, 4.69) is 5.32 Å². The average molecular weight is 819 g/mol. The summed E-state index contributed by atoms with van der Waals surface area (Å²) < 4.78 is 31.6. The number of aliphatic hydroxyl groups excluding tert-OH is 1. The number of anilines is 1. The molecule has 0 spiro atoms. The molecule has 3 aliphatic rings. The molecule has 5 aromatic rings. The third-order valence-electron chi connectivity index (χ3n) is 12.0. The summed E-state index contributed by atoms with van der Waals surface area (Å²) in [6.07, 6.45) is 14.4. The first-order chi connectivity index (χ1) is 28.6. The zero-order chi connectivity index (χ0) is 41.2. The molecule has 59 heavy (non-hydrogen) atoms. The van der Waals surface area contributed by atoms with E-state index in [0.717, 1.165) is 40.0 Å². The van der Waals surface area contributed by atoms with Crippen LogP contribution in [0.15, 0.2) is 127 Å². The summed E-state index contributed by atoms with van der Waals surface area (Å²) >= 11 is 0. The molecule has 8 rings (SSSR count). The molecule has 2 saturated carbocycles. The molecule has 0 bridgehead atoms. The first-order valence-corrected chi connectivity index (χ1v) is 22.8. The largest absolute Gasteiger partial charge is 0.489 e. The second kappa shape index (κ2) is 20.1. The molecule has 1 amide bonds. The van der Waals surface area contributed by atoms with E-state index in [9.17, 15) is 28.6 Å². The van der Waals surface area contributed by atoms with Crippen molar-refractivity contribution in [2.24, 2.45) is 5.92 Å². The topological polar surface area (TPSA) is 119 Å². The molecule has 8 nitrogen and oxygen atoms in total. The van der Waals surface area contributed by atoms with E-state index in [1.54, 1.807) is 29.2 Å². The second-order valence-electron chi connectivity index (χ2n) is 16.2. The normalized spacial score (nSPS) is 19.3. The lowest BCUT2D eigenvalue weighted by molar-refractivity contribution is -0.131. The number of amides is 1. The van der Waals surface area contributed by atoms with Crippen LogP contribution in [-0.2, 0) is 16.0 Å². The van der Waals surface area contributed by atoms with Gasteiger partial charge in [0.15, 0.2) is 0 Å². The lowest BCUT2D eigenvalue weighted by atomic mass is 9.77. The molecule has 1 aliphatic heterocycles. The Balaban J connectivity index is 0.000000343. The van der Waals surface area contributed by atoms with E-state index in [1.807, 2.05) is 78.9 Å². The van der Waals surface area contributed by atoms with Crippen molar-refractivity contribution in [3.8, 4) is 16.9 Å². The van der Waals surface area contributed by atoms with Gasteiger partial charge in [-0.1, -0.05) is 123 Å². The molecule has 1 saturated heterocycles. The van der Waals surface area contributed by atoms with Gasteiger partial charge in [0.1, 0.15) is 18.2 Å². The average Bonchev–Trinajstić information content (AvgIpc) is 3.26. The van der Waals surface area contributed by atoms with Crippen LogP contribution in [0.2, 0.25) is 0 Å². The Hall–Kier alpha value is -4.63. The fraction of sp³-hybridized carbons (Fsp3) is 0.367. The maximum absolute atomic E-state index is 13.7. The van der Waals surface area contributed by atoms with E-state index in [0.29, 0.717) is 24.2 Å². The van der Waals surface area contributed by atoms with Gasteiger partial charge in [-0.2, -0.15) is 0 Å². The van der Waals surface area contributed by atoms with Gasteiger partial charge >= 0.3 is 7.60 Å². The molecule has 310 valence electrons. The van der Waals surface area contributed by atoms with E-state index in [4.69, 9.17) is 4.74 Å². The Bertz CT molecular complexity index is 2120. The predicted octanol–water partition coefficient (Wildman–Crippen LogP) is 10.3. The predicted molar refractivity (Wildman–Crippen MR) is 232 cm³/mol. The summed E-state index contributed by atoms with van der Waals surface area (Å²) in [5, 5.41) is 14.7. The Morgan fingerprint density at radius 2 is 1.31 bits per heavy atom. The molecule has 3 fully saturated rings. The molecule has 5 aromatic carbocycles. The fourth-order valence-electron chi connectivity index (χ4n) is 8.79. The number of nitrogens with zero attached hydrogens (tertiary/aromatic N) is 1. The van der Waals surface area contributed by atoms with Crippen molar-refractivity contribution >= 4 is 24.5 Å². The minimum Gasteiger partial charge on any atom is -0.489 e. The van der Waals surface area contributed by atoms with Crippen LogP contribution in [0.4, 0.5) is 10.1 Å². The lowest BCUT2D eigenvalue weighted by Gasteiger charge is -2.48. The van der Waals surface area contributed by atoms with Crippen LogP contribution in [0.25, 0.3) is 11.1 Å². The Labute approximate surface area is 347 Å². The summed E-state index contributed by atoms with van der Waals surface area (Å²) in [6.45, 7) is 0.286. The summed E-state index contributed by atoms with van der Waals surface area (Å²) in [5.74, 6) is -0.313. The van der Waals surface area contributed by atoms with Crippen molar-refractivity contribution in [3.63, 3.8) is 0 Å². The molecule has 0 unspecified atom stereocenters. The van der Waals surface area contributed by atoms with Crippen molar-refractivity contribution in [1.29, 1.82) is 0 Å². The maximum Gasteiger partial charge on any atom is 0.356 e. The van der Waals surface area contributed by atoms with Crippen LogP contribution in [0, 0.1) is 11.7 Å². The zero-order valence-electron chi connectivity index (χ0n) is 33.5. The van der Waals surface area contributed by atoms with Crippen LogP contribution in [-0.4, -0.2) is 32.9 Å². The smallest absolute Gasteiger partial charge is 0.356 e. The number of para-hydroxylation sites is 1. The van der Waals surface area contributed by atoms with Gasteiger partial charge in [-0.25, -0.2) is 4.39 Å². The SMILES string of the molecule is C1CCC(NC2CCCCC2)CC1.O=C1[C@H](CC[C@H](O)c2ccc(F)cc2)[C@@H](c2ccc(-c3ccc(P(=O)(O)O)cc3)cc2OCc2ccccc2)N1c1ccccc1. The minimum absolute atomic E-state index is 0.0615. The van der Waals surface area contributed by atoms with Crippen LogP contribution in [0.3, 0.4) is 0 Å². The summed E-state index contributed by atoms with van der Waals surface area (Å²) in [7, 11) is -4.38. The minimum atomic E-state index is -4.38. The van der Waals surface area contributed by atoms with Crippen molar-refractivity contribution in [2.75, 3.05) is 4.90 Å². The van der Waals surface area contributed by atoms with Gasteiger partial charge in [0.2, 0.25) is 5.91 Å². The quantitative estimate of drug-likeness (QED) is 0.0690. The molecule has 3 atom stereocenters. The van der Waals surface area contributed by atoms with E-state index < -0.39 is 19.6 Å². The summed E-state index contributed by atoms with van der Waals surface area (Å²) in [6, 6.07) is 38.1. The number of rotatable bonds is 13. The monoisotopic (exact) mass is 818 g/mol. The first-order valence-electron chi connectivity index (χ1n) is 21.2. The van der Waals surface area contributed by atoms with Gasteiger partial charge in [-0.15, -0.1) is 0 Å². The zero-order valence-corrected chi connectivity index (χ0v) is 34.4. The molecule has 0 aromatic heterocycles. The third-order valence-corrected chi connectivity index (χ3v) is 13.0. The highest BCUT2D eigenvalue weighted by Crippen LogP contribution is 2.49. The van der Waals surface area contributed by atoms with Gasteiger partial charge < -0.3 is 29.8 Å². The Morgan fingerprint density at radius 3 is 1.90 bits per heavy atom. The summed E-state index contributed by atoms with van der Waals surface area (Å²) in [5.41, 5.74) is 4.63. The van der Waals surface area contributed by atoms with Crippen LogP contribution >= 0.6 is 7.60 Å². The molecular weight excluding hydrogens is 763 g/mol. The number of ether oxygens (including phenoxy) is 1. The van der Waals surface area contributed by atoms with Gasteiger partial charge in [0, 0.05) is 23.3 Å². The number of carbonyl (C=O) groups is 1. The molecule has 4 N–H and O–H groups in total. The number of β-lactam (4-membered cyclic amide) rings is 1. The van der Waals surface area contributed by atoms with Crippen molar-refractivity contribution in [1.82, 2.24) is 5.32 Å². The molecule has 2 aliphatic carbocycles. The molecule has 10 heteroatoms. The van der Waals surface area contributed by atoms with Crippen LogP contribution in [0.1, 0.15) is 106 Å². The van der Waals surface area contributed by atoms with Gasteiger partial charge in [0.25, 0.3) is 0 Å². The Morgan fingerprint density at radius 1 is 0.729 bits per heavy atom. The number of halogens is 1. The lowest BCUT2D eigenvalue weighted by Crippen LogP contribution is -2.55. The van der Waals surface area contributed by atoms with E-state index in [1.165, 1.54) is 88.5 Å². The third kappa shape index (κ3) is 11.2. The number of hydrogen-bond acceptors (Lipinski definition) is 5. The van der Waals surface area contributed by atoms with E-state index >= 15 is 0 Å². The van der Waals surface area contributed by atoms with Crippen molar-refractivity contribution in [2.45, 2.75) is 108 Å². The van der Waals surface area contributed by atoms with Gasteiger partial charge in [-0.05, 0) is 103 Å². The molecular formula is C49H56FN2O6P. The number of aliphatic hydroxyl groups is 1. The standard InChI is InChI=1S/C37H33FNO6P.C12H23N/c38-29-16-11-27(12-17-29)34(40)22-21-33-36(39(37(33)41)30-9-5-2-6-10-30)32-20-15-28(26-13-18-31(19-14-26)46(42,43)44)23-35(32)45-24-25-7-3-1-4-8-25;1-3-7-11(8-4-1)13-12-9-5-2-6-10-12/h1-20,23,33-34,36,40H,21-22,24H2,(H2,42,43,44);11-13H,1-10H2/t33-,34+,36-;/m1./s1. The second-order valence-corrected chi connectivity index (χ2v) is 17.8. The number of benzene rings is 5. The maximum atomic E-state index is 13.7. The highest BCUT2D eigenvalue weighted by Gasteiger charge is 2.49. The number of carbonyl (C=O) groups excluding carboxylic acids is 1. The number of hydrogen-bond donors (Lipinski definition) is 4. The molecule has 1 heterocycles.